The van der Waals surface area contributed by atoms with Crippen molar-refractivity contribution in [2.45, 2.75) is 44.3 Å². The van der Waals surface area contributed by atoms with Gasteiger partial charge in [0.1, 0.15) is 11.7 Å². The molecule has 3 atom stereocenters. The summed E-state index contributed by atoms with van der Waals surface area (Å²) in [5.41, 5.74) is -0.852. The van der Waals surface area contributed by atoms with Crippen LogP contribution in [0.4, 0.5) is 0 Å². The predicted molar refractivity (Wildman–Crippen MR) is 42.5 cm³/mol. The topological polar surface area (TPSA) is 46.5 Å². The lowest BCUT2D eigenvalue weighted by molar-refractivity contribution is -0.144. The van der Waals surface area contributed by atoms with Crippen LogP contribution in [-0.4, -0.2) is 22.8 Å². The lowest BCUT2D eigenvalue weighted by Crippen LogP contribution is -2.45. The Kier molecular flexibility index (Phi) is 1.65. The zero-order chi connectivity index (χ0) is 8.77. The third kappa shape index (κ3) is 0.891. The summed E-state index contributed by atoms with van der Waals surface area (Å²) in [6, 6.07) is 0. The van der Waals surface area contributed by atoms with Crippen LogP contribution < -0.4 is 0 Å². The van der Waals surface area contributed by atoms with E-state index in [9.17, 15) is 9.90 Å². The van der Waals surface area contributed by atoms with Gasteiger partial charge >= 0.3 is 5.97 Å². The van der Waals surface area contributed by atoms with Crippen LogP contribution in [-0.2, 0) is 9.53 Å². The molecule has 1 aliphatic heterocycles. The van der Waals surface area contributed by atoms with Gasteiger partial charge < -0.3 is 9.84 Å². The molecule has 2 fully saturated rings. The Morgan fingerprint density at radius 1 is 1.58 bits per heavy atom. The van der Waals surface area contributed by atoms with Crippen LogP contribution in [0.2, 0.25) is 0 Å². The number of ether oxygens (including phenoxy) is 1. The van der Waals surface area contributed by atoms with Crippen LogP contribution in [0.15, 0.2) is 0 Å². The lowest BCUT2D eigenvalue weighted by atomic mass is 9.76. The number of esters is 1. The molecule has 0 amide bonds. The first-order chi connectivity index (χ1) is 5.64. The molecule has 1 saturated heterocycles. The van der Waals surface area contributed by atoms with Crippen LogP contribution in [0.25, 0.3) is 0 Å². The van der Waals surface area contributed by atoms with Crippen molar-refractivity contribution in [2.24, 2.45) is 5.92 Å². The van der Waals surface area contributed by atoms with Gasteiger partial charge in [-0.1, -0.05) is 6.42 Å². The smallest absolute Gasteiger partial charge is 0.312 e. The molecule has 1 N–H and O–H groups in total. The molecule has 0 bridgehead atoms. The second kappa shape index (κ2) is 2.46. The summed E-state index contributed by atoms with van der Waals surface area (Å²) in [7, 11) is 0. The molecule has 68 valence electrons. The van der Waals surface area contributed by atoms with Crippen molar-refractivity contribution < 1.29 is 14.6 Å². The molecule has 0 unspecified atom stereocenters. The van der Waals surface area contributed by atoms with Crippen molar-refractivity contribution in [1.82, 2.24) is 0 Å². The SMILES string of the molecule is C[C@@H]1C(=O)O[C@H]2CCCC[C@@]21O. The number of hydrogen-bond donors (Lipinski definition) is 1. The van der Waals surface area contributed by atoms with Gasteiger partial charge in [0.05, 0.1) is 5.92 Å². The van der Waals surface area contributed by atoms with Crippen molar-refractivity contribution in [1.29, 1.82) is 0 Å². The van der Waals surface area contributed by atoms with Gasteiger partial charge in [-0.3, -0.25) is 4.79 Å². The van der Waals surface area contributed by atoms with E-state index in [0.717, 1.165) is 19.3 Å². The average Bonchev–Trinajstić information content (AvgIpc) is 2.28. The Labute approximate surface area is 71.7 Å². The van der Waals surface area contributed by atoms with Gasteiger partial charge in [0.25, 0.3) is 0 Å². The molecule has 1 aliphatic carbocycles. The molecule has 3 nitrogen and oxygen atoms in total. The summed E-state index contributed by atoms with van der Waals surface area (Å²) in [6.45, 7) is 1.76. The number of carbonyl (C=O) groups is 1. The molecule has 0 spiro atoms. The average molecular weight is 170 g/mol. The van der Waals surface area contributed by atoms with E-state index in [2.05, 4.69) is 0 Å². The van der Waals surface area contributed by atoms with Crippen LogP contribution >= 0.6 is 0 Å². The van der Waals surface area contributed by atoms with Crippen molar-refractivity contribution in [2.75, 3.05) is 0 Å². The van der Waals surface area contributed by atoms with E-state index in [0.29, 0.717) is 6.42 Å². The van der Waals surface area contributed by atoms with Gasteiger partial charge in [0.15, 0.2) is 0 Å². The number of fused-ring (bicyclic) bond motifs is 1. The Hall–Kier alpha value is -0.570. The molecule has 0 aromatic carbocycles. The van der Waals surface area contributed by atoms with Crippen LogP contribution in [0.3, 0.4) is 0 Å². The zero-order valence-corrected chi connectivity index (χ0v) is 7.25. The van der Waals surface area contributed by atoms with E-state index in [-0.39, 0.29) is 18.0 Å². The maximum Gasteiger partial charge on any atom is 0.312 e. The highest BCUT2D eigenvalue weighted by molar-refractivity contribution is 5.76. The monoisotopic (exact) mass is 170 g/mol. The van der Waals surface area contributed by atoms with Crippen molar-refractivity contribution >= 4 is 5.97 Å². The minimum Gasteiger partial charge on any atom is -0.459 e. The first-order valence-electron chi connectivity index (χ1n) is 4.57. The summed E-state index contributed by atoms with van der Waals surface area (Å²) in [4.78, 5) is 11.2. The Morgan fingerprint density at radius 3 is 3.00 bits per heavy atom. The third-order valence-corrected chi connectivity index (χ3v) is 3.21. The van der Waals surface area contributed by atoms with E-state index >= 15 is 0 Å². The molecule has 1 saturated carbocycles. The summed E-state index contributed by atoms with van der Waals surface area (Å²) >= 11 is 0. The molecule has 1 heterocycles. The van der Waals surface area contributed by atoms with Crippen LogP contribution in [0.5, 0.6) is 0 Å². The van der Waals surface area contributed by atoms with Gasteiger partial charge in [0.2, 0.25) is 0 Å². The van der Waals surface area contributed by atoms with Gasteiger partial charge in [-0.05, 0) is 26.2 Å². The highest BCUT2D eigenvalue weighted by Crippen LogP contribution is 2.42. The van der Waals surface area contributed by atoms with Gasteiger partial charge in [-0.15, -0.1) is 0 Å². The Balaban J connectivity index is 2.25. The molecule has 2 aliphatic rings. The summed E-state index contributed by atoms with van der Waals surface area (Å²) in [5, 5.41) is 10.1. The molecule has 2 rings (SSSR count). The van der Waals surface area contributed by atoms with E-state index < -0.39 is 5.60 Å². The highest BCUT2D eigenvalue weighted by Gasteiger charge is 2.54. The quantitative estimate of drug-likeness (QED) is 0.548. The van der Waals surface area contributed by atoms with Crippen molar-refractivity contribution in [3.63, 3.8) is 0 Å². The summed E-state index contributed by atoms with van der Waals surface area (Å²) in [5.74, 6) is -0.563. The van der Waals surface area contributed by atoms with Crippen molar-refractivity contribution in [3.05, 3.63) is 0 Å². The Bertz CT molecular complexity index is 214. The summed E-state index contributed by atoms with van der Waals surface area (Å²) in [6.07, 6.45) is 3.38. The zero-order valence-electron chi connectivity index (χ0n) is 7.25. The lowest BCUT2D eigenvalue weighted by Gasteiger charge is -2.33. The molecule has 3 heteroatoms. The molecular weight excluding hydrogens is 156 g/mol. The van der Waals surface area contributed by atoms with Crippen molar-refractivity contribution in [3.8, 4) is 0 Å². The second-order valence-corrected chi connectivity index (χ2v) is 3.88. The first kappa shape index (κ1) is 8.05. The molecule has 0 radical (unpaired) electrons. The fourth-order valence-electron chi connectivity index (χ4n) is 2.25. The third-order valence-electron chi connectivity index (χ3n) is 3.21. The number of hydrogen-bond acceptors (Lipinski definition) is 3. The van der Waals surface area contributed by atoms with E-state index in [1.165, 1.54) is 0 Å². The number of rotatable bonds is 0. The standard InChI is InChI=1S/C9H14O3/c1-6-8(10)12-7-4-2-3-5-9(6,7)11/h6-7,11H,2-5H2,1H3/t6-,7+,9+/m1/s1. The fourth-order valence-corrected chi connectivity index (χ4v) is 2.25. The van der Waals surface area contributed by atoms with E-state index in [1.807, 2.05) is 0 Å². The van der Waals surface area contributed by atoms with Crippen LogP contribution in [0, 0.1) is 5.92 Å². The second-order valence-electron chi connectivity index (χ2n) is 3.88. The van der Waals surface area contributed by atoms with Crippen LogP contribution in [0.1, 0.15) is 32.6 Å². The molecule has 0 aromatic rings. The van der Waals surface area contributed by atoms with Gasteiger partial charge in [-0.25, -0.2) is 0 Å². The van der Waals surface area contributed by atoms with Gasteiger partial charge in [-0.2, -0.15) is 0 Å². The Morgan fingerprint density at radius 2 is 2.33 bits per heavy atom. The molecular formula is C9H14O3. The largest absolute Gasteiger partial charge is 0.459 e. The maximum absolute atomic E-state index is 11.2. The van der Waals surface area contributed by atoms with E-state index in [1.54, 1.807) is 6.92 Å². The minimum atomic E-state index is -0.852. The predicted octanol–water partition coefficient (Wildman–Crippen LogP) is 0.853. The fraction of sp³-hybridized carbons (Fsp3) is 0.889. The maximum atomic E-state index is 11.2. The first-order valence-corrected chi connectivity index (χ1v) is 4.57. The van der Waals surface area contributed by atoms with Gasteiger partial charge in [0, 0.05) is 0 Å². The highest BCUT2D eigenvalue weighted by atomic mass is 16.6. The number of aliphatic hydroxyl groups is 1. The normalized spacial score (nSPS) is 47.0. The molecule has 0 aromatic heterocycles. The molecule has 12 heavy (non-hydrogen) atoms. The van der Waals surface area contributed by atoms with E-state index in [4.69, 9.17) is 4.74 Å². The number of carbonyl (C=O) groups excluding carboxylic acids is 1. The summed E-state index contributed by atoms with van der Waals surface area (Å²) < 4.78 is 5.09. The minimum absolute atomic E-state index is 0.228.